The molecular formula is C23H26N2O4. The number of benzene rings is 2. The summed E-state index contributed by atoms with van der Waals surface area (Å²) in [7, 11) is 1.60. The first-order valence-corrected chi connectivity index (χ1v) is 9.63. The van der Waals surface area contributed by atoms with Gasteiger partial charge in [0.05, 0.1) is 6.61 Å². The lowest BCUT2D eigenvalue weighted by Gasteiger charge is -2.29. The lowest BCUT2D eigenvalue weighted by atomic mass is 9.84. The number of nitrogens with one attached hydrogen (secondary N) is 1. The smallest absolute Gasteiger partial charge is 0.252 e. The van der Waals surface area contributed by atoms with Gasteiger partial charge in [0.25, 0.3) is 5.91 Å². The van der Waals surface area contributed by atoms with Crippen LogP contribution in [0.5, 0.6) is 5.75 Å². The second-order valence-electron chi connectivity index (χ2n) is 6.77. The largest absolute Gasteiger partial charge is 0.494 e. The summed E-state index contributed by atoms with van der Waals surface area (Å²) in [5, 5.41) is 11.6. The van der Waals surface area contributed by atoms with Crippen molar-refractivity contribution < 1.29 is 19.4 Å². The summed E-state index contributed by atoms with van der Waals surface area (Å²) >= 11 is 0. The van der Waals surface area contributed by atoms with Crippen LogP contribution in [-0.2, 0) is 9.53 Å². The minimum Gasteiger partial charge on any atom is -0.494 e. The van der Waals surface area contributed by atoms with E-state index in [1.165, 1.54) is 0 Å². The molecule has 0 bridgehead atoms. The molecule has 0 aromatic heterocycles. The molecule has 6 nitrogen and oxygen atoms in total. The van der Waals surface area contributed by atoms with Crippen LogP contribution in [0.3, 0.4) is 0 Å². The summed E-state index contributed by atoms with van der Waals surface area (Å²) in [5.41, 5.74) is 0.514. The molecule has 2 N–H and O–H groups in total. The van der Waals surface area contributed by atoms with Crippen molar-refractivity contribution in [3.8, 4) is 5.75 Å². The monoisotopic (exact) mass is 394 g/mol. The fourth-order valence-corrected chi connectivity index (χ4v) is 3.38. The maximum atomic E-state index is 12.9. The van der Waals surface area contributed by atoms with Gasteiger partial charge < -0.3 is 19.9 Å². The van der Waals surface area contributed by atoms with Gasteiger partial charge in [0.2, 0.25) is 5.90 Å². The zero-order valence-electron chi connectivity index (χ0n) is 16.5. The first-order chi connectivity index (χ1) is 14.1. The molecule has 0 spiro atoms. The molecule has 152 valence electrons. The Labute approximate surface area is 170 Å². The highest BCUT2D eigenvalue weighted by Crippen LogP contribution is 2.42. The number of aliphatic hydroxyl groups excluding tert-OH is 1. The third-order valence-electron chi connectivity index (χ3n) is 4.81. The molecule has 0 radical (unpaired) electrons. The molecule has 3 rings (SSSR count). The number of carbonyl (C=O) groups excluding carboxylic acids is 1. The molecule has 1 aliphatic rings. The predicted molar refractivity (Wildman–Crippen MR) is 112 cm³/mol. The quantitative estimate of drug-likeness (QED) is 0.506. The number of aliphatic hydroxyl groups is 1. The highest BCUT2D eigenvalue weighted by atomic mass is 16.5. The molecule has 6 heteroatoms. The van der Waals surface area contributed by atoms with Crippen molar-refractivity contribution in [1.82, 2.24) is 5.32 Å². The van der Waals surface area contributed by atoms with E-state index in [0.29, 0.717) is 31.1 Å². The number of carbonyl (C=O) groups is 1. The van der Waals surface area contributed by atoms with Crippen LogP contribution in [-0.4, -0.2) is 42.7 Å². The number of likely N-dealkylation sites (N-methyl/N-ethyl adjacent to an activating group) is 1. The van der Waals surface area contributed by atoms with Crippen molar-refractivity contribution in [1.29, 1.82) is 0 Å². The van der Waals surface area contributed by atoms with Gasteiger partial charge in [-0.1, -0.05) is 36.4 Å². The van der Waals surface area contributed by atoms with E-state index in [9.17, 15) is 4.79 Å². The summed E-state index contributed by atoms with van der Waals surface area (Å²) in [6, 6.07) is 17.0. The van der Waals surface area contributed by atoms with Crippen molar-refractivity contribution in [2.24, 2.45) is 4.99 Å². The van der Waals surface area contributed by atoms with Gasteiger partial charge >= 0.3 is 0 Å². The normalized spacial score (nSPS) is 20.5. The number of aliphatic imine (C=N–C) groups is 1. The molecule has 2 aromatic rings. The SMILES string of the molecule is C=CC[C@@]1(C(=O)NC)N=C(c2ccc(OCCCO)cc2)O[C@@H]1c1ccccc1. The maximum Gasteiger partial charge on any atom is 0.252 e. The standard InChI is InChI=1S/C23H26N2O4/c1-3-14-23(22(27)24-2)20(17-8-5-4-6-9-17)29-21(25-23)18-10-12-19(13-11-18)28-16-7-15-26/h3-6,8-13,20,26H,1,7,14-16H2,2H3,(H,24,27)/t20-,23-/m1/s1. The van der Waals surface area contributed by atoms with Crippen molar-refractivity contribution >= 4 is 11.8 Å². The van der Waals surface area contributed by atoms with E-state index in [4.69, 9.17) is 19.6 Å². The number of hydrogen-bond acceptors (Lipinski definition) is 5. The molecule has 0 saturated heterocycles. The minimum absolute atomic E-state index is 0.0917. The third kappa shape index (κ3) is 4.32. The summed E-state index contributed by atoms with van der Waals surface area (Å²) in [5.74, 6) is 0.889. The van der Waals surface area contributed by atoms with Crippen LogP contribution in [0, 0.1) is 0 Å². The van der Waals surface area contributed by atoms with E-state index in [1.807, 2.05) is 54.6 Å². The first-order valence-electron chi connectivity index (χ1n) is 9.63. The van der Waals surface area contributed by atoms with Crippen LogP contribution in [0.25, 0.3) is 0 Å². The molecule has 2 atom stereocenters. The Balaban J connectivity index is 1.94. The zero-order chi connectivity index (χ0) is 20.7. The summed E-state index contributed by atoms with van der Waals surface area (Å²) in [6.45, 7) is 4.36. The van der Waals surface area contributed by atoms with Crippen molar-refractivity contribution in [3.63, 3.8) is 0 Å². The molecule has 0 aliphatic carbocycles. The van der Waals surface area contributed by atoms with E-state index in [0.717, 1.165) is 11.1 Å². The van der Waals surface area contributed by atoms with Crippen molar-refractivity contribution in [2.75, 3.05) is 20.3 Å². The average Bonchev–Trinajstić information content (AvgIpc) is 3.15. The molecular weight excluding hydrogens is 368 g/mol. The van der Waals surface area contributed by atoms with E-state index in [1.54, 1.807) is 13.1 Å². The number of nitrogens with zero attached hydrogens (tertiary/aromatic N) is 1. The lowest BCUT2D eigenvalue weighted by Crippen LogP contribution is -2.46. The van der Waals surface area contributed by atoms with Crippen LogP contribution >= 0.6 is 0 Å². The number of rotatable bonds is 9. The molecule has 1 heterocycles. The van der Waals surface area contributed by atoms with Gasteiger partial charge in [-0.15, -0.1) is 6.58 Å². The van der Waals surface area contributed by atoms with Crippen LogP contribution < -0.4 is 10.1 Å². The second kappa shape index (κ2) is 9.39. The van der Waals surface area contributed by atoms with E-state index < -0.39 is 11.6 Å². The van der Waals surface area contributed by atoms with E-state index in [2.05, 4.69) is 11.9 Å². The van der Waals surface area contributed by atoms with Crippen LogP contribution in [0.4, 0.5) is 0 Å². The molecule has 0 unspecified atom stereocenters. The van der Waals surface area contributed by atoms with Gasteiger partial charge in [-0.05, 0) is 29.8 Å². The molecule has 0 fully saturated rings. The fraction of sp³-hybridized carbons (Fsp3) is 0.304. The summed E-state index contributed by atoms with van der Waals surface area (Å²) < 4.78 is 11.8. The lowest BCUT2D eigenvalue weighted by molar-refractivity contribution is -0.128. The molecule has 1 aliphatic heterocycles. The molecule has 29 heavy (non-hydrogen) atoms. The predicted octanol–water partition coefficient (Wildman–Crippen LogP) is 3.03. The second-order valence-corrected chi connectivity index (χ2v) is 6.77. The number of amides is 1. The Morgan fingerprint density at radius 3 is 2.62 bits per heavy atom. The molecule has 0 saturated carbocycles. The number of hydrogen-bond donors (Lipinski definition) is 2. The van der Waals surface area contributed by atoms with Gasteiger partial charge in [0, 0.05) is 32.1 Å². The summed E-state index contributed by atoms with van der Waals surface area (Å²) in [6.07, 6.45) is 2.06. The average molecular weight is 394 g/mol. The highest BCUT2D eigenvalue weighted by Gasteiger charge is 2.52. The third-order valence-corrected chi connectivity index (χ3v) is 4.81. The van der Waals surface area contributed by atoms with Crippen molar-refractivity contribution in [3.05, 3.63) is 78.4 Å². The Hall–Kier alpha value is -3.12. The van der Waals surface area contributed by atoms with Crippen LogP contribution in [0.1, 0.15) is 30.1 Å². The van der Waals surface area contributed by atoms with Gasteiger partial charge in [0.15, 0.2) is 11.6 Å². The number of ether oxygens (including phenoxy) is 2. The Kier molecular flexibility index (Phi) is 6.67. The highest BCUT2D eigenvalue weighted by molar-refractivity contribution is 6.01. The van der Waals surface area contributed by atoms with Gasteiger partial charge in [-0.25, -0.2) is 4.99 Å². The topological polar surface area (TPSA) is 80.2 Å². The van der Waals surface area contributed by atoms with E-state index in [-0.39, 0.29) is 12.5 Å². The van der Waals surface area contributed by atoms with E-state index >= 15 is 0 Å². The van der Waals surface area contributed by atoms with Crippen LogP contribution in [0.15, 0.2) is 72.2 Å². The first kappa shape index (κ1) is 20.6. The molecule has 2 aromatic carbocycles. The molecule has 1 amide bonds. The van der Waals surface area contributed by atoms with Crippen LogP contribution in [0.2, 0.25) is 0 Å². The van der Waals surface area contributed by atoms with Gasteiger partial charge in [-0.2, -0.15) is 0 Å². The van der Waals surface area contributed by atoms with Gasteiger partial charge in [-0.3, -0.25) is 4.79 Å². The fourth-order valence-electron chi connectivity index (χ4n) is 3.38. The Morgan fingerprint density at radius 1 is 1.28 bits per heavy atom. The maximum absolute atomic E-state index is 12.9. The Morgan fingerprint density at radius 2 is 2.00 bits per heavy atom. The summed E-state index contributed by atoms with van der Waals surface area (Å²) in [4.78, 5) is 17.7. The van der Waals surface area contributed by atoms with Crippen molar-refractivity contribution in [2.45, 2.75) is 24.5 Å². The van der Waals surface area contributed by atoms with Gasteiger partial charge in [0.1, 0.15) is 5.75 Å². The Bertz CT molecular complexity index is 864. The zero-order valence-corrected chi connectivity index (χ0v) is 16.5. The minimum atomic E-state index is -1.12.